The standard InChI is InChI=1S/C20H24BrNO5S2/c1-3-5-6-9-27-18-14(21)10-13(11-15(18)26-4-2)12-16-19(25)22(20(28)29-16)8-7-17(23)24/h10-12H,3-9H2,1-2H3,(H,23,24)/b16-12-. The van der Waals surface area contributed by atoms with Crippen LogP contribution in [0.15, 0.2) is 21.5 Å². The molecule has 6 nitrogen and oxygen atoms in total. The van der Waals surface area contributed by atoms with Gasteiger partial charge in [-0.05, 0) is 53.0 Å². The number of nitrogens with zero attached hydrogens (tertiary/aromatic N) is 1. The number of thiocarbonyl (C=S) groups is 1. The number of benzene rings is 1. The summed E-state index contributed by atoms with van der Waals surface area (Å²) < 4.78 is 12.8. The van der Waals surface area contributed by atoms with Crippen LogP contribution in [0.3, 0.4) is 0 Å². The Balaban J connectivity index is 2.22. The molecular formula is C20H24BrNO5S2. The second-order valence-corrected chi connectivity index (χ2v) is 8.83. The van der Waals surface area contributed by atoms with E-state index < -0.39 is 5.97 Å². The summed E-state index contributed by atoms with van der Waals surface area (Å²) in [4.78, 5) is 25.1. The van der Waals surface area contributed by atoms with Gasteiger partial charge in [-0.15, -0.1) is 0 Å². The molecule has 0 bridgehead atoms. The molecule has 9 heteroatoms. The van der Waals surface area contributed by atoms with Crippen LogP contribution in [-0.4, -0.2) is 46.0 Å². The van der Waals surface area contributed by atoms with Crippen molar-refractivity contribution >= 4 is 62.2 Å². The fraction of sp³-hybridized carbons (Fsp3) is 0.450. The van der Waals surface area contributed by atoms with E-state index in [9.17, 15) is 9.59 Å². The zero-order valence-electron chi connectivity index (χ0n) is 16.4. The first-order valence-electron chi connectivity index (χ1n) is 9.43. The van der Waals surface area contributed by atoms with Crippen LogP contribution in [0, 0.1) is 0 Å². The molecule has 0 atom stereocenters. The fourth-order valence-corrected chi connectivity index (χ4v) is 4.53. The van der Waals surface area contributed by atoms with Gasteiger partial charge in [0.15, 0.2) is 11.5 Å². The van der Waals surface area contributed by atoms with E-state index in [1.165, 1.54) is 16.7 Å². The predicted molar refractivity (Wildman–Crippen MR) is 122 cm³/mol. The molecule has 0 unspecified atom stereocenters. The summed E-state index contributed by atoms with van der Waals surface area (Å²) in [6.07, 6.45) is 4.77. The number of aliphatic carboxylic acids is 1. The van der Waals surface area contributed by atoms with E-state index in [0.29, 0.717) is 33.9 Å². The number of unbranched alkanes of at least 4 members (excludes halogenated alkanes) is 2. The van der Waals surface area contributed by atoms with Crippen LogP contribution in [0.25, 0.3) is 6.08 Å². The maximum absolute atomic E-state index is 12.6. The van der Waals surface area contributed by atoms with E-state index in [1.54, 1.807) is 6.08 Å². The maximum Gasteiger partial charge on any atom is 0.305 e. The number of halogens is 1. The molecule has 1 aliphatic rings. The summed E-state index contributed by atoms with van der Waals surface area (Å²) in [6.45, 7) is 5.19. The highest BCUT2D eigenvalue weighted by atomic mass is 79.9. The predicted octanol–water partition coefficient (Wildman–Crippen LogP) is 5.09. The SMILES string of the molecule is CCCCCOc1c(Br)cc(/C=C2\SC(=S)N(CCC(=O)O)C2=O)cc1OCC. The zero-order valence-corrected chi connectivity index (χ0v) is 19.6. The Morgan fingerprint density at radius 2 is 2.07 bits per heavy atom. The van der Waals surface area contributed by atoms with E-state index in [-0.39, 0.29) is 18.9 Å². The summed E-state index contributed by atoms with van der Waals surface area (Å²) in [5.41, 5.74) is 0.764. The van der Waals surface area contributed by atoms with E-state index in [4.69, 9.17) is 26.8 Å². The Bertz CT molecular complexity index is 812. The number of hydrogen-bond donors (Lipinski definition) is 1. The van der Waals surface area contributed by atoms with Crippen molar-refractivity contribution in [1.29, 1.82) is 0 Å². The number of rotatable bonds is 11. The van der Waals surface area contributed by atoms with Gasteiger partial charge < -0.3 is 14.6 Å². The second kappa shape index (κ2) is 11.6. The molecule has 0 spiro atoms. The molecule has 1 fully saturated rings. The van der Waals surface area contributed by atoms with Gasteiger partial charge in [0.2, 0.25) is 0 Å². The Morgan fingerprint density at radius 3 is 2.72 bits per heavy atom. The summed E-state index contributed by atoms with van der Waals surface area (Å²) in [6, 6.07) is 3.69. The monoisotopic (exact) mass is 501 g/mol. The lowest BCUT2D eigenvalue weighted by atomic mass is 10.1. The number of carbonyl (C=O) groups excluding carboxylic acids is 1. The van der Waals surface area contributed by atoms with E-state index in [2.05, 4.69) is 22.9 Å². The first kappa shape index (κ1) is 23.7. The summed E-state index contributed by atoms with van der Waals surface area (Å²) in [5.74, 6) is -0.00171. The Morgan fingerprint density at radius 1 is 1.31 bits per heavy atom. The lowest BCUT2D eigenvalue weighted by Gasteiger charge is -2.15. The van der Waals surface area contributed by atoms with E-state index in [0.717, 1.165) is 29.3 Å². The highest BCUT2D eigenvalue weighted by Gasteiger charge is 2.32. The summed E-state index contributed by atoms with van der Waals surface area (Å²) >= 11 is 9.93. The summed E-state index contributed by atoms with van der Waals surface area (Å²) in [5, 5.41) is 8.84. The Kier molecular flexibility index (Phi) is 9.45. The molecule has 0 aliphatic carbocycles. The lowest BCUT2D eigenvalue weighted by molar-refractivity contribution is -0.137. The number of hydrogen-bond acceptors (Lipinski definition) is 6. The van der Waals surface area contributed by atoms with Gasteiger partial charge in [0, 0.05) is 6.54 Å². The van der Waals surface area contributed by atoms with Crippen molar-refractivity contribution in [1.82, 2.24) is 4.90 Å². The van der Waals surface area contributed by atoms with Crippen LogP contribution >= 0.6 is 39.9 Å². The van der Waals surface area contributed by atoms with Crippen molar-refractivity contribution in [3.05, 3.63) is 27.1 Å². The molecule has 0 radical (unpaired) electrons. The van der Waals surface area contributed by atoms with Crippen molar-refractivity contribution in [3.63, 3.8) is 0 Å². The van der Waals surface area contributed by atoms with Crippen molar-refractivity contribution in [3.8, 4) is 11.5 Å². The molecular weight excluding hydrogens is 478 g/mol. The number of carbonyl (C=O) groups is 2. The molecule has 1 N–H and O–H groups in total. The molecule has 0 aromatic heterocycles. The Labute approximate surface area is 188 Å². The minimum absolute atomic E-state index is 0.0652. The third-order valence-electron chi connectivity index (χ3n) is 4.05. The largest absolute Gasteiger partial charge is 0.490 e. The summed E-state index contributed by atoms with van der Waals surface area (Å²) in [7, 11) is 0. The van der Waals surface area contributed by atoms with Crippen LogP contribution in [-0.2, 0) is 9.59 Å². The molecule has 1 aliphatic heterocycles. The van der Waals surface area contributed by atoms with E-state index >= 15 is 0 Å². The van der Waals surface area contributed by atoms with Crippen molar-refractivity contribution in [2.75, 3.05) is 19.8 Å². The van der Waals surface area contributed by atoms with Crippen molar-refractivity contribution in [2.45, 2.75) is 39.5 Å². The molecule has 1 aromatic carbocycles. The second-order valence-electron chi connectivity index (χ2n) is 6.30. The van der Waals surface area contributed by atoms with Gasteiger partial charge in [0.1, 0.15) is 4.32 Å². The third-order valence-corrected chi connectivity index (χ3v) is 6.01. The number of amides is 1. The topological polar surface area (TPSA) is 76.1 Å². The lowest BCUT2D eigenvalue weighted by Crippen LogP contribution is -2.30. The van der Waals surface area contributed by atoms with E-state index in [1.807, 2.05) is 19.1 Å². The van der Waals surface area contributed by atoms with Crippen LogP contribution in [0.1, 0.15) is 45.1 Å². The van der Waals surface area contributed by atoms with Crippen LogP contribution in [0.4, 0.5) is 0 Å². The van der Waals surface area contributed by atoms with Gasteiger partial charge in [-0.3, -0.25) is 14.5 Å². The molecule has 1 heterocycles. The minimum Gasteiger partial charge on any atom is -0.490 e. The minimum atomic E-state index is -0.970. The average Bonchev–Trinajstić information content (AvgIpc) is 2.92. The van der Waals surface area contributed by atoms with Gasteiger partial charge >= 0.3 is 5.97 Å². The average molecular weight is 502 g/mol. The molecule has 1 aromatic rings. The molecule has 158 valence electrons. The highest BCUT2D eigenvalue weighted by molar-refractivity contribution is 9.10. The van der Waals surface area contributed by atoms with Crippen LogP contribution in [0.5, 0.6) is 11.5 Å². The fourth-order valence-electron chi connectivity index (χ4n) is 2.65. The zero-order chi connectivity index (χ0) is 21.4. The van der Waals surface area contributed by atoms with Gasteiger partial charge in [-0.2, -0.15) is 0 Å². The van der Waals surface area contributed by atoms with Crippen LogP contribution < -0.4 is 9.47 Å². The molecule has 0 saturated carbocycles. The maximum atomic E-state index is 12.6. The molecule has 1 amide bonds. The molecule has 29 heavy (non-hydrogen) atoms. The van der Waals surface area contributed by atoms with Gasteiger partial charge in [-0.1, -0.05) is 43.7 Å². The Hall–Kier alpha value is -1.58. The normalized spacial score (nSPS) is 15.3. The van der Waals surface area contributed by atoms with Crippen molar-refractivity contribution in [2.24, 2.45) is 0 Å². The van der Waals surface area contributed by atoms with Gasteiger partial charge in [0.25, 0.3) is 5.91 Å². The number of carboxylic acid groups (broad SMARTS) is 1. The van der Waals surface area contributed by atoms with Crippen molar-refractivity contribution < 1.29 is 24.2 Å². The van der Waals surface area contributed by atoms with Crippen LogP contribution in [0.2, 0.25) is 0 Å². The highest BCUT2D eigenvalue weighted by Crippen LogP contribution is 2.39. The first-order chi connectivity index (χ1) is 13.9. The number of thioether (sulfide) groups is 1. The first-order valence-corrected chi connectivity index (χ1v) is 11.4. The molecule has 1 saturated heterocycles. The van der Waals surface area contributed by atoms with Gasteiger partial charge in [0.05, 0.1) is 29.0 Å². The smallest absolute Gasteiger partial charge is 0.305 e. The van der Waals surface area contributed by atoms with Gasteiger partial charge in [-0.25, -0.2) is 0 Å². The third kappa shape index (κ3) is 6.72. The number of ether oxygens (including phenoxy) is 2. The molecule has 2 rings (SSSR count). The quantitative estimate of drug-likeness (QED) is 0.257. The number of carboxylic acids is 1.